The molecule has 8 nitrogen and oxygen atoms in total. The van der Waals surface area contributed by atoms with E-state index < -0.39 is 46.6 Å². The molecule has 2 aromatic rings. The number of ether oxygens (including phenoxy) is 5. The molecular formula is C26H30O8S. The summed E-state index contributed by atoms with van der Waals surface area (Å²) in [7, 11) is -1.89. The van der Waals surface area contributed by atoms with Gasteiger partial charge in [-0.25, -0.2) is 4.79 Å². The van der Waals surface area contributed by atoms with Crippen LogP contribution in [0.15, 0.2) is 71.3 Å². The number of benzene rings is 2. The summed E-state index contributed by atoms with van der Waals surface area (Å²) in [5.74, 6) is -0.545. The summed E-state index contributed by atoms with van der Waals surface area (Å²) in [4.78, 5) is 12.4. The molecule has 1 fully saturated rings. The number of carbonyl (C=O) groups excluding carboxylic acids is 1. The Morgan fingerprint density at radius 2 is 1.66 bits per heavy atom. The number of aliphatic hydroxyl groups excluding tert-OH is 1. The second kappa shape index (κ2) is 11.9. The molecule has 2 aliphatic rings. The quantitative estimate of drug-likeness (QED) is 0.523. The van der Waals surface area contributed by atoms with Gasteiger partial charge in [-0.3, -0.25) is 4.21 Å². The molecule has 35 heavy (non-hydrogen) atoms. The normalized spacial score (nSPS) is 28.2. The number of hydrogen-bond acceptors (Lipinski definition) is 8. The molecule has 0 radical (unpaired) electrons. The van der Waals surface area contributed by atoms with Crippen LogP contribution in [0.25, 0.3) is 0 Å². The van der Waals surface area contributed by atoms with Crippen LogP contribution in [0.1, 0.15) is 25.0 Å². The second-order valence-electron chi connectivity index (χ2n) is 8.28. The summed E-state index contributed by atoms with van der Waals surface area (Å²) in [5, 5.41) is 10.3. The van der Waals surface area contributed by atoms with Crippen LogP contribution in [-0.2, 0) is 52.5 Å². The molecule has 4 rings (SSSR count). The number of esters is 1. The minimum atomic E-state index is -1.89. The zero-order valence-corrected chi connectivity index (χ0v) is 20.5. The first kappa shape index (κ1) is 25.5. The van der Waals surface area contributed by atoms with E-state index in [9.17, 15) is 14.1 Å². The number of hydrogen-bond donors (Lipinski definition) is 1. The highest BCUT2D eigenvalue weighted by molar-refractivity contribution is 7.90. The molecule has 2 aromatic carbocycles. The van der Waals surface area contributed by atoms with Crippen molar-refractivity contribution in [2.45, 2.75) is 56.9 Å². The van der Waals surface area contributed by atoms with E-state index in [2.05, 4.69) is 0 Å². The monoisotopic (exact) mass is 502 g/mol. The Bertz CT molecular complexity index is 1040. The Morgan fingerprint density at radius 3 is 2.29 bits per heavy atom. The third-order valence-corrected chi connectivity index (χ3v) is 7.66. The Hall–Kier alpha value is -2.56. The van der Waals surface area contributed by atoms with Crippen LogP contribution in [0.2, 0.25) is 0 Å². The first-order chi connectivity index (χ1) is 17.0. The first-order valence-corrected chi connectivity index (χ1v) is 12.8. The van der Waals surface area contributed by atoms with Gasteiger partial charge in [-0.1, -0.05) is 60.7 Å². The van der Waals surface area contributed by atoms with Gasteiger partial charge in [0.15, 0.2) is 4.91 Å². The molecule has 2 aliphatic heterocycles. The number of carbonyl (C=O) groups is 1. The smallest absolute Gasteiger partial charge is 0.350 e. The summed E-state index contributed by atoms with van der Waals surface area (Å²) < 4.78 is 42.4. The summed E-state index contributed by atoms with van der Waals surface area (Å²) in [6, 6.07) is 19.1. The van der Waals surface area contributed by atoms with Crippen molar-refractivity contribution >= 4 is 16.8 Å². The molecule has 9 heteroatoms. The van der Waals surface area contributed by atoms with Crippen molar-refractivity contribution in [1.82, 2.24) is 0 Å². The van der Waals surface area contributed by atoms with Crippen molar-refractivity contribution in [3.8, 4) is 0 Å². The van der Waals surface area contributed by atoms with E-state index in [-0.39, 0.29) is 30.5 Å². The predicted octanol–water partition coefficient (Wildman–Crippen LogP) is 2.82. The molecule has 2 heterocycles. The summed E-state index contributed by atoms with van der Waals surface area (Å²) in [5.41, 5.74) is 1.87. The average molecular weight is 503 g/mol. The lowest BCUT2D eigenvalue weighted by atomic mass is 10.0. The van der Waals surface area contributed by atoms with E-state index in [1.165, 1.54) is 0 Å². The van der Waals surface area contributed by atoms with Crippen molar-refractivity contribution in [3.63, 3.8) is 0 Å². The van der Waals surface area contributed by atoms with Crippen LogP contribution in [0.4, 0.5) is 0 Å². The zero-order valence-electron chi connectivity index (χ0n) is 19.7. The summed E-state index contributed by atoms with van der Waals surface area (Å²) in [6.45, 7) is 3.95. The molecule has 0 aromatic heterocycles. The van der Waals surface area contributed by atoms with Gasteiger partial charge in [0.25, 0.3) is 0 Å². The first-order valence-electron chi connectivity index (χ1n) is 11.6. The van der Waals surface area contributed by atoms with Crippen molar-refractivity contribution in [1.29, 1.82) is 0 Å². The number of fused-ring (bicyclic) bond motifs is 1. The fourth-order valence-electron chi connectivity index (χ4n) is 4.10. The minimum absolute atomic E-state index is 0.0732. The van der Waals surface area contributed by atoms with E-state index in [0.717, 1.165) is 11.1 Å². The highest BCUT2D eigenvalue weighted by Gasteiger charge is 2.54. The number of rotatable bonds is 9. The van der Waals surface area contributed by atoms with Gasteiger partial charge >= 0.3 is 5.97 Å². The minimum Gasteiger partial charge on any atom is -0.467 e. The molecule has 188 valence electrons. The van der Waals surface area contributed by atoms with E-state index in [1.807, 2.05) is 60.7 Å². The van der Waals surface area contributed by atoms with Gasteiger partial charge in [0, 0.05) is 0 Å². The van der Waals surface area contributed by atoms with Crippen molar-refractivity contribution in [3.05, 3.63) is 82.5 Å². The predicted molar refractivity (Wildman–Crippen MR) is 128 cm³/mol. The highest BCUT2D eigenvalue weighted by Crippen LogP contribution is 2.37. The zero-order chi connectivity index (χ0) is 24.8. The lowest BCUT2D eigenvalue weighted by Gasteiger charge is -2.45. The average Bonchev–Trinajstić information content (AvgIpc) is 2.85. The van der Waals surface area contributed by atoms with Crippen molar-refractivity contribution in [2.75, 3.05) is 13.2 Å². The van der Waals surface area contributed by atoms with Gasteiger partial charge in [0.1, 0.15) is 29.3 Å². The van der Waals surface area contributed by atoms with Crippen LogP contribution in [0, 0.1) is 0 Å². The fraction of sp³-hybridized carbons (Fsp3) is 0.423. The molecule has 6 unspecified atom stereocenters. The van der Waals surface area contributed by atoms with Crippen molar-refractivity contribution < 1.29 is 37.8 Å². The topological polar surface area (TPSA) is 101 Å². The maximum atomic E-state index is 13.5. The van der Waals surface area contributed by atoms with Crippen LogP contribution < -0.4 is 0 Å². The molecule has 0 aliphatic carbocycles. The van der Waals surface area contributed by atoms with Gasteiger partial charge in [-0.05, 0) is 25.0 Å². The van der Waals surface area contributed by atoms with E-state index >= 15 is 0 Å². The Balaban J connectivity index is 1.54. The SMILES string of the molecule is CCOC(=O)C1=C(C)OC2OC(COCc3ccccc3)C(O)C(OCc3ccccc3)C2S1=O. The van der Waals surface area contributed by atoms with Crippen molar-refractivity contribution in [2.24, 2.45) is 0 Å². The Labute approximate surface area is 207 Å². The lowest BCUT2D eigenvalue weighted by molar-refractivity contribution is -0.255. The molecule has 6 atom stereocenters. The van der Waals surface area contributed by atoms with E-state index in [1.54, 1.807) is 13.8 Å². The standard InChI is InChI=1S/C26H30O8S/c1-3-31-25(28)23-17(2)33-26-24(35(23)29)22(32-15-19-12-8-5-9-13-19)21(27)20(34-26)16-30-14-18-10-6-4-7-11-18/h4-13,20-22,24,26-27H,3,14-16H2,1-2H3. The van der Waals surface area contributed by atoms with Crippen LogP contribution in [0.3, 0.4) is 0 Å². The van der Waals surface area contributed by atoms with Crippen LogP contribution in [-0.4, -0.2) is 58.4 Å². The van der Waals surface area contributed by atoms with Crippen LogP contribution >= 0.6 is 0 Å². The summed E-state index contributed by atoms with van der Waals surface area (Å²) in [6.07, 6.45) is -3.86. The summed E-state index contributed by atoms with van der Waals surface area (Å²) >= 11 is 0. The fourth-order valence-corrected chi connectivity index (χ4v) is 5.73. The van der Waals surface area contributed by atoms with Gasteiger partial charge < -0.3 is 28.8 Å². The third-order valence-electron chi connectivity index (χ3n) is 5.82. The number of aliphatic hydroxyl groups is 1. The number of allylic oxidation sites excluding steroid dienone is 1. The molecule has 0 saturated carbocycles. The van der Waals surface area contributed by atoms with E-state index in [0.29, 0.717) is 6.61 Å². The van der Waals surface area contributed by atoms with Gasteiger partial charge in [0.2, 0.25) is 6.29 Å². The molecular weight excluding hydrogens is 472 g/mol. The molecule has 0 amide bonds. The van der Waals surface area contributed by atoms with Gasteiger partial charge in [-0.2, -0.15) is 0 Å². The lowest BCUT2D eigenvalue weighted by Crippen LogP contribution is -2.62. The largest absolute Gasteiger partial charge is 0.467 e. The maximum absolute atomic E-state index is 13.5. The molecule has 0 bridgehead atoms. The Kier molecular flexibility index (Phi) is 8.69. The van der Waals surface area contributed by atoms with E-state index in [4.69, 9.17) is 23.7 Å². The molecule has 1 saturated heterocycles. The molecule has 1 N–H and O–H groups in total. The van der Waals surface area contributed by atoms with Gasteiger partial charge in [0.05, 0.1) is 37.2 Å². The molecule has 0 spiro atoms. The maximum Gasteiger partial charge on any atom is 0.350 e. The second-order valence-corrected chi connectivity index (χ2v) is 9.83. The third kappa shape index (κ3) is 5.99. The Morgan fingerprint density at radius 1 is 1.03 bits per heavy atom. The highest BCUT2D eigenvalue weighted by atomic mass is 32.2. The van der Waals surface area contributed by atoms with Gasteiger partial charge in [-0.15, -0.1) is 0 Å². The van der Waals surface area contributed by atoms with Crippen LogP contribution in [0.5, 0.6) is 0 Å².